The number of nitrogens with one attached hydrogen (secondary N) is 1. The lowest BCUT2D eigenvalue weighted by atomic mass is 9.90. The molecule has 0 amide bonds. The van der Waals surface area contributed by atoms with E-state index in [1.165, 1.54) is 0 Å². The third-order valence-electron chi connectivity index (χ3n) is 3.14. The van der Waals surface area contributed by atoms with Gasteiger partial charge in [0.1, 0.15) is 12.0 Å². The van der Waals surface area contributed by atoms with Crippen LogP contribution in [-0.2, 0) is 0 Å². The molecule has 0 fully saturated rings. The van der Waals surface area contributed by atoms with Crippen molar-refractivity contribution in [3.8, 4) is 5.75 Å². The molecule has 0 spiro atoms. The van der Waals surface area contributed by atoms with E-state index >= 15 is 0 Å². The Balaban J connectivity index is 0.000000178. The van der Waals surface area contributed by atoms with Crippen molar-refractivity contribution < 1.29 is 15.3 Å². The molecule has 0 bridgehead atoms. The second-order valence-corrected chi connectivity index (χ2v) is 4.76. The molecule has 1 aromatic carbocycles. The van der Waals surface area contributed by atoms with E-state index in [1.54, 1.807) is 42.5 Å². The Morgan fingerprint density at radius 1 is 1.05 bits per heavy atom. The first-order valence-electron chi connectivity index (χ1n) is 6.54. The average Bonchev–Trinajstić information content (AvgIpc) is 2.41. The van der Waals surface area contributed by atoms with E-state index < -0.39 is 12.3 Å². The maximum absolute atomic E-state index is 9.37. The van der Waals surface area contributed by atoms with Gasteiger partial charge in [-0.05, 0) is 42.4 Å². The quantitative estimate of drug-likeness (QED) is 0.577. The van der Waals surface area contributed by atoms with Crippen LogP contribution in [0.2, 0.25) is 0 Å². The van der Waals surface area contributed by atoms with Gasteiger partial charge in [0.15, 0.2) is 0 Å². The van der Waals surface area contributed by atoms with Crippen molar-refractivity contribution in [3.05, 3.63) is 65.8 Å². The van der Waals surface area contributed by atoms with Gasteiger partial charge in [0.25, 0.3) is 0 Å². The lowest BCUT2D eigenvalue weighted by Gasteiger charge is -2.29. The lowest BCUT2D eigenvalue weighted by Crippen LogP contribution is -2.41. The van der Waals surface area contributed by atoms with Crippen LogP contribution in [0.5, 0.6) is 5.75 Å². The van der Waals surface area contributed by atoms with E-state index in [-0.39, 0.29) is 6.04 Å². The number of rotatable bonds is 0. The van der Waals surface area contributed by atoms with Crippen LogP contribution < -0.4 is 5.32 Å². The summed E-state index contributed by atoms with van der Waals surface area (Å²) in [6.07, 6.45) is 6.03. The summed E-state index contributed by atoms with van der Waals surface area (Å²) < 4.78 is 0. The molecule has 3 atom stereocenters. The standard InChI is InChI=1S/C10H13NO2.C6H6O/c1-6-9-5-8(12)3-2-7(9)4-10(13)11-6;7-6-4-2-1-3-5-6/h2-6,8,10-13H,1H3;1-5,7H. The zero-order valence-electron chi connectivity index (χ0n) is 11.3. The highest BCUT2D eigenvalue weighted by atomic mass is 16.3. The van der Waals surface area contributed by atoms with Crippen LogP contribution in [0.1, 0.15) is 6.92 Å². The Morgan fingerprint density at radius 3 is 2.35 bits per heavy atom. The fourth-order valence-corrected chi connectivity index (χ4v) is 2.17. The molecule has 0 saturated heterocycles. The van der Waals surface area contributed by atoms with Gasteiger partial charge in [-0.15, -0.1) is 0 Å². The Hall–Kier alpha value is -1.88. The van der Waals surface area contributed by atoms with Crippen molar-refractivity contribution >= 4 is 0 Å². The van der Waals surface area contributed by atoms with Gasteiger partial charge >= 0.3 is 0 Å². The second kappa shape index (κ2) is 6.52. The number of allylic oxidation sites excluding steroid dienone is 1. The Bertz CT molecular complexity index is 534. The summed E-state index contributed by atoms with van der Waals surface area (Å²) in [5, 5.41) is 30.3. The summed E-state index contributed by atoms with van der Waals surface area (Å²) >= 11 is 0. The fourth-order valence-electron chi connectivity index (χ4n) is 2.17. The minimum absolute atomic E-state index is 0.0922. The number of hydrogen-bond acceptors (Lipinski definition) is 4. The predicted octanol–water partition coefficient (Wildman–Crippen LogP) is 1.47. The van der Waals surface area contributed by atoms with Crippen molar-refractivity contribution in [2.75, 3.05) is 0 Å². The minimum Gasteiger partial charge on any atom is -0.508 e. The second-order valence-electron chi connectivity index (χ2n) is 4.76. The molecule has 4 heteroatoms. The van der Waals surface area contributed by atoms with Gasteiger partial charge in [-0.1, -0.05) is 30.4 Å². The molecule has 1 aromatic rings. The van der Waals surface area contributed by atoms with Gasteiger partial charge in [-0.25, -0.2) is 0 Å². The van der Waals surface area contributed by atoms with E-state index in [4.69, 9.17) is 5.11 Å². The highest BCUT2D eigenvalue weighted by molar-refractivity contribution is 5.49. The van der Waals surface area contributed by atoms with E-state index in [2.05, 4.69) is 5.32 Å². The number of aromatic hydroxyl groups is 1. The van der Waals surface area contributed by atoms with Crippen LogP contribution in [0.4, 0.5) is 0 Å². The van der Waals surface area contributed by atoms with Crippen molar-refractivity contribution in [2.24, 2.45) is 0 Å². The number of para-hydroxylation sites is 1. The van der Waals surface area contributed by atoms with Gasteiger partial charge in [0, 0.05) is 6.04 Å². The van der Waals surface area contributed by atoms with E-state index in [0.717, 1.165) is 11.1 Å². The highest BCUT2D eigenvalue weighted by Crippen LogP contribution is 2.25. The van der Waals surface area contributed by atoms with Crippen LogP contribution in [0, 0.1) is 0 Å². The molecule has 0 saturated carbocycles. The molecule has 20 heavy (non-hydrogen) atoms. The number of phenolic OH excluding ortho intramolecular Hbond substituents is 1. The SMILES string of the molecule is CC1NC(O)C=C2C=CC(O)C=C21.Oc1ccccc1. The van der Waals surface area contributed by atoms with E-state index in [0.29, 0.717) is 5.75 Å². The van der Waals surface area contributed by atoms with E-state index in [1.807, 2.05) is 19.1 Å². The monoisotopic (exact) mass is 273 g/mol. The fraction of sp³-hybridized carbons (Fsp3) is 0.250. The number of aliphatic hydroxyl groups excluding tert-OH is 2. The number of aliphatic hydroxyl groups is 2. The Labute approximate surface area is 118 Å². The Kier molecular flexibility index (Phi) is 4.74. The number of fused-ring (bicyclic) bond motifs is 1. The molecule has 3 unspecified atom stereocenters. The summed E-state index contributed by atoms with van der Waals surface area (Å²) in [4.78, 5) is 0. The molecule has 4 N–H and O–H groups in total. The Morgan fingerprint density at radius 2 is 1.75 bits per heavy atom. The van der Waals surface area contributed by atoms with Gasteiger partial charge in [-0.2, -0.15) is 0 Å². The van der Waals surface area contributed by atoms with Crippen LogP contribution in [0.15, 0.2) is 65.8 Å². The molecular weight excluding hydrogens is 254 g/mol. The molecule has 0 aromatic heterocycles. The van der Waals surface area contributed by atoms with Gasteiger partial charge in [-0.3, -0.25) is 5.32 Å². The zero-order valence-corrected chi connectivity index (χ0v) is 11.3. The number of phenols is 1. The maximum Gasteiger partial charge on any atom is 0.125 e. The van der Waals surface area contributed by atoms with Crippen LogP contribution >= 0.6 is 0 Å². The van der Waals surface area contributed by atoms with E-state index in [9.17, 15) is 10.2 Å². The molecular formula is C16H19NO3. The molecule has 1 aliphatic heterocycles. The summed E-state index contributed by atoms with van der Waals surface area (Å²) in [6.45, 7) is 1.97. The molecule has 2 aliphatic rings. The normalized spacial score (nSPS) is 27.6. The summed E-state index contributed by atoms with van der Waals surface area (Å²) in [5.74, 6) is 0.322. The maximum atomic E-state index is 9.37. The largest absolute Gasteiger partial charge is 0.508 e. The molecule has 0 radical (unpaired) electrons. The van der Waals surface area contributed by atoms with Gasteiger partial charge in [0.2, 0.25) is 0 Å². The summed E-state index contributed by atoms with van der Waals surface area (Å²) in [7, 11) is 0. The van der Waals surface area contributed by atoms with Crippen molar-refractivity contribution in [1.29, 1.82) is 0 Å². The van der Waals surface area contributed by atoms with Crippen molar-refractivity contribution in [3.63, 3.8) is 0 Å². The number of hydrogen-bond donors (Lipinski definition) is 4. The molecule has 1 heterocycles. The smallest absolute Gasteiger partial charge is 0.125 e. The third-order valence-corrected chi connectivity index (χ3v) is 3.14. The first-order chi connectivity index (χ1) is 9.56. The first kappa shape index (κ1) is 14.5. The molecule has 106 valence electrons. The molecule has 1 aliphatic carbocycles. The van der Waals surface area contributed by atoms with Gasteiger partial charge in [0.05, 0.1) is 6.10 Å². The molecule has 3 rings (SSSR count). The zero-order chi connectivity index (χ0) is 14.5. The third kappa shape index (κ3) is 3.81. The topological polar surface area (TPSA) is 72.7 Å². The first-order valence-corrected chi connectivity index (χ1v) is 6.54. The van der Waals surface area contributed by atoms with Crippen LogP contribution in [-0.4, -0.2) is 33.7 Å². The van der Waals surface area contributed by atoms with Crippen LogP contribution in [0.3, 0.4) is 0 Å². The average molecular weight is 273 g/mol. The highest BCUT2D eigenvalue weighted by Gasteiger charge is 2.22. The number of benzene rings is 1. The molecule has 4 nitrogen and oxygen atoms in total. The van der Waals surface area contributed by atoms with Gasteiger partial charge < -0.3 is 15.3 Å². The minimum atomic E-state index is -0.581. The van der Waals surface area contributed by atoms with Crippen molar-refractivity contribution in [2.45, 2.75) is 25.3 Å². The summed E-state index contributed by atoms with van der Waals surface area (Å²) in [6, 6.07) is 8.80. The summed E-state index contributed by atoms with van der Waals surface area (Å²) in [5.41, 5.74) is 2.06. The van der Waals surface area contributed by atoms with Crippen LogP contribution in [0.25, 0.3) is 0 Å². The predicted molar refractivity (Wildman–Crippen MR) is 78.0 cm³/mol. The lowest BCUT2D eigenvalue weighted by molar-refractivity contribution is 0.170. The van der Waals surface area contributed by atoms with Crippen molar-refractivity contribution in [1.82, 2.24) is 5.32 Å².